The van der Waals surface area contributed by atoms with Crippen molar-refractivity contribution in [3.8, 4) is 17.5 Å². The zero-order valence-corrected chi connectivity index (χ0v) is 21.4. The number of carbonyl (C=O) groups is 1. The van der Waals surface area contributed by atoms with Gasteiger partial charge in [0.05, 0.1) is 11.3 Å². The molecule has 0 spiro atoms. The third kappa shape index (κ3) is 4.99. The maximum absolute atomic E-state index is 12.7. The van der Waals surface area contributed by atoms with E-state index < -0.39 is 0 Å². The molecule has 0 unspecified atom stereocenters. The molecule has 1 aliphatic carbocycles. The van der Waals surface area contributed by atoms with E-state index in [2.05, 4.69) is 48.4 Å². The van der Waals surface area contributed by atoms with Gasteiger partial charge in [-0.25, -0.2) is 0 Å². The van der Waals surface area contributed by atoms with Gasteiger partial charge in [-0.2, -0.15) is 5.26 Å². The molecule has 172 valence electrons. The summed E-state index contributed by atoms with van der Waals surface area (Å²) >= 11 is 2.91. The summed E-state index contributed by atoms with van der Waals surface area (Å²) in [5.41, 5.74) is 4.16. The molecule has 1 aromatic carbocycles. The van der Waals surface area contributed by atoms with Crippen LogP contribution in [0, 0.1) is 29.6 Å². The van der Waals surface area contributed by atoms with Crippen LogP contribution in [-0.2, 0) is 24.7 Å². The van der Waals surface area contributed by atoms with E-state index in [0.717, 1.165) is 41.8 Å². The van der Waals surface area contributed by atoms with Crippen LogP contribution in [0.5, 0.6) is 0 Å². The summed E-state index contributed by atoms with van der Waals surface area (Å²) in [6.07, 6.45) is 2.96. The lowest BCUT2D eigenvalue weighted by molar-refractivity contribution is -0.113. The van der Waals surface area contributed by atoms with Crippen LogP contribution in [0.2, 0.25) is 0 Å². The molecule has 4 rings (SSSR count). The Hall–Kier alpha value is -2.63. The number of fused-ring (bicyclic) bond motifs is 1. The van der Waals surface area contributed by atoms with E-state index in [1.54, 1.807) is 11.3 Å². The molecule has 0 radical (unpaired) electrons. The van der Waals surface area contributed by atoms with Gasteiger partial charge in [0.1, 0.15) is 11.1 Å². The largest absolute Gasteiger partial charge is 0.316 e. The van der Waals surface area contributed by atoms with E-state index in [1.165, 1.54) is 16.6 Å². The van der Waals surface area contributed by atoms with E-state index in [4.69, 9.17) is 0 Å². The van der Waals surface area contributed by atoms with E-state index >= 15 is 0 Å². The van der Waals surface area contributed by atoms with Gasteiger partial charge in [-0.3, -0.25) is 4.79 Å². The SMILES string of the molecule is Cc1cccc(-c2nnc(SCC(=O)Nc3sc4c(c3C#N)CC[C@H](C(C)(C)C)C4)n2C)c1. The van der Waals surface area contributed by atoms with Gasteiger partial charge in [0.25, 0.3) is 0 Å². The fourth-order valence-corrected chi connectivity index (χ4v) is 6.31. The van der Waals surface area contributed by atoms with Crippen molar-refractivity contribution in [2.24, 2.45) is 18.4 Å². The molecule has 1 amide bonds. The first-order valence-corrected chi connectivity index (χ1v) is 12.9. The number of amides is 1. The predicted octanol–water partition coefficient (Wildman–Crippen LogP) is 5.61. The number of aryl methyl sites for hydroxylation is 1. The second kappa shape index (κ2) is 9.32. The molecule has 2 heterocycles. The molecular weight excluding hydrogens is 450 g/mol. The summed E-state index contributed by atoms with van der Waals surface area (Å²) in [6.45, 7) is 8.87. The molecule has 1 aliphatic rings. The number of nitrogens with one attached hydrogen (secondary N) is 1. The molecule has 8 heteroatoms. The first-order valence-electron chi connectivity index (χ1n) is 11.1. The van der Waals surface area contributed by atoms with Gasteiger partial charge in [0.15, 0.2) is 11.0 Å². The smallest absolute Gasteiger partial charge is 0.235 e. The highest BCUT2D eigenvalue weighted by atomic mass is 32.2. The minimum Gasteiger partial charge on any atom is -0.316 e. The number of rotatable bonds is 5. The second-order valence-corrected chi connectivity index (χ2v) is 11.7. The molecule has 6 nitrogen and oxygen atoms in total. The number of nitriles is 1. The van der Waals surface area contributed by atoms with E-state index in [-0.39, 0.29) is 17.1 Å². The molecule has 0 aliphatic heterocycles. The fraction of sp³-hybridized carbons (Fsp3) is 0.440. The predicted molar refractivity (Wildman–Crippen MR) is 135 cm³/mol. The minimum atomic E-state index is -0.137. The number of hydrogen-bond acceptors (Lipinski definition) is 6. The van der Waals surface area contributed by atoms with Crippen molar-refractivity contribution in [1.82, 2.24) is 14.8 Å². The lowest BCUT2D eigenvalue weighted by atomic mass is 9.72. The molecule has 0 saturated carbocycles. The van der Waals surface area contributed by atoms with Crippen molar-refractivity contribution >= 4 is 34.0 Å². The Bertz CT molecular complexity index is 1230. The first-order chi connectivity index (χ1) is 15.7. The van der Waals surface area contributed by atoms with Crippen LogP contribution < -0.4 is 5.32 Å². The molecule has 3 aromatic rings. The highest BCUT2D eigenvalue weighted by Crippen LogP contribution is 2.44. The summed E-state index contributed by atoms with van der Waals surface area (Å²) in [5, 5.41) is 22.7. The molecular formula is C25H29N5OS2. The van der Waals surface area contributed by atoms with Gasteiger partial charge < -0.3 is 9.88 Å². The lowest BCUT2D eigenvalue weighted by Gasteiger charge is -2.33. The fourth-order valence-electron chi connectivity index (χ4n) is 4.30. The quantitative estimate of drug-likeness (QED) is 0.481. The Morgan fingerprint density at radius 3 is 2.85 bits per heavy atom. The second-order valence-electron chi connectivity index (χ2n) is 9.70. The highest BCUT2D eigenvalue weighted by molar-refractivity contribution is 7.99. The number of hydrogen-bond donors (Lipinski definition) is 1. The molecule has 0 bridgehead atoms. The molecule has 1 atom stereocenters. The van der Waals surface area contributed by atoms with Gasteiger partial charge in [0, 0.05) is 17.5 Å². The average Bonchev–Trinajstić information content (AvgIpc) is 3.30. The molecule has 1 N–H and O–H groups in total. The zero-order chi connectivity index (χ0) is 23.8. The Labute approximate surface area is 203 Å². The van der Waals surface area contributed by atoms with Crippen LogP contribution in [-0.4, -0.2) is 26.4 Å². The zero-order valence-electron chi connectivity index (χ0n) is 19.7. The third-order valence-corrected chi connectivity index (χ3v) is 8.49. The summed E-state index contributed by atoms with van der Waals surface area (Å²) in [5.74, 6) is 1.43. The van der Waals surface area contributed by atoms with Crippen LogP contribution in [0.4, 0.5) is 5.00 Å². The monoisotopic (exact) mass is 479 g/mol. The van der Waals surface area contributed by atoms with Crippen molar-refractivity contribution in [2.75, 3.05) is 11.1 Å². The van der Waals surface area contributed by atoms with Crippen LogP contribution in [0.3, 0.4) is 0 Å². The Morgan fingerprint density at radius 2 is 2.15 bits per heavy atom. The number of anilines is 1. The van der Waals surface area contributed by atoms with E-state index in [9.17, 15) is 10.1 Å². The summed E-state index contributed by atoms with van der Waals surface area (Å²) in [6, 6.07) is 10.4. The van der Waals surface area contributed by atoms with Crippen LogP contribution in [0.15, 0.2) is 29.4 Å². The number of benzene rings is 1. The van der Waals surface area contributed by atoms with Gasteiger partial charge in [-0.05, 0) is 49.1 Å². The molecule has 0 fully saturated rings. The number of carbonyl (C=O) groups excluding carboxylic acids is 1. The Balaban J connectivity index is 1.43. The summed E-state index contributed by atoms with van der Waals surface area (Å²) < 4.78 is 1.91. The third-order valence-electron chi connectivity index (χ3n) is 6.30. The Morgan fingerprint density at radius 1 is 1.36 bits per heavy atom. The standard InChI is InChI=1S/C25H29N5OS2/c1-15-7-6-8-16(11-15)22-28-29-24(30(22)5)32-14-21(31)27-23-19(13-26)18-10-9-17(25(2,3)4)12-20(18)33-23/h6-8,11,17H,9-10,12,14H2,1-5H3,(H,27,31)/t17-/m0/s1. The number of thioether (sulfide) groups is 1. The summed E-state index contributed by atoms with van der Waals surface area (Å²) in [7, 11) is 1.91. The van der Waals surface area contributed by atoms with E-state index in [1.807, 2.05) is 36.7 Å². The molecule has 0 saturated heterocycles. The van der Waals surface area contributed by atoms with Crippen molar-refractivity contribution in [2.45, 2.75) is 52.1 Å². The topological polar surface area (TPSA) is 83.6 Å². The van der Waals surface area contributed by atoms with Crippen molar-refractivity contribution < 1.29 is 4.79 Å². The number of nitrogens with zero attached hydrogens (tertiary/aromatic N) is 4. The first kappa shape index (κ1) is 23.5. The number of thiophene rings is 1. The van der Waals surface area contributed by atoms with Gasteiger partial charge in [0.2, 0.25) is 5.91 Å². The number of aromatic nitrogens is 3. The van der Waals surface area contributed by atoms with Crippen LogP contribution in [0.1, 0.15) is 48.8 Å². The average molecular weight is 480 g/mol. The maximum atomic E-state index is 12.7. The van der Waals surface area contributed by atoms with Gasteiger partial charge in [-0.1, -0.05) is 56.3 Å². The van der Waals surface area contributed by atoms with Crippen LogP contribution >= 0.6 is 23.1 Å². The normalized spacial score (nSPS) is 15.7. The molecule has 2 aromatic heterocycles. The maximum Gasteiger partial charge on any atom is 0.235 e. The summed E-state index contributed by atoms with van der Waals surface area (Å²) in [4.78, 5) is 14.0. The minimum absolute atomic E-state index is 0.137. The van der Waals surface area contributed by atoms with Crippen molar-refractivity contribution in [1.29, 1.82) is 5.26 Å². The Kier molecular flexibility index (Phi) is 6.64. The lowest BCUT2D eigenvalue weighted by Crippen LogP contribution is -2.26. The van der Waals surface area contributed by atoms with E-state index in [0.29, 0.717) is 21.6 Å². The van der Waals surface area contributed by atoms with Crippen molar-refractivity contribution in [3.63, 3.8) is 0 Å². The van der Waals surface area contributed by atoms with Gasteiger partial charge in [-0.15, -0.1) is 21.5 Å². The van der Waals surface area contributed by atoms with Gasteiger partial charge >= 0.3 is 0 Å². The highest BCUT2D eigenvalue weighted by Gasteiger charge is 2.32. The molecule has 33 heavy (non-hydrogen) atoms. The van der Waals surface area contributed by atoms with Crippen LogP contribution in [0.25, 0.3) is 11.4 Å². The van der Waals surface area contributed by atoms with Crippen molar-refractivity contribution in [3.05, 3.63) is 45.8 Å².